The number of nitrogens with one attached hydrogen (secondary N) is 1. The molecule has 0 saturated carbocycles. The molecule has 0 aromatic carbocycles. The Balaban J connectivity index is 2.50. The number of aryl methyl sites for hydroxylation is 1. The molecule has 0 spiro atoms. The molecule has 3 N–H and O–H groups in total. The predicted molar refractivity (Wildman–Crippen MR) is 59.5 cm³/mol. The van der Waals surface area contributed by atoms with Crippen molar-refractivity contribution in [1.82, 2.24) is 10.3 Å². The molecule has 0 fully saturated rings. The smallest absolute Gasteiger partial charge is 0.270 e. The van der Waals surface area contributed by atoms with Crippen LogP contribution in [0.4, 0.5) is 0 Å². The van der Waals surface area contributed by atoms with E-state index in [1.54, 1.807) is 12.1 Å². The number of carbonyl (C=O) groups excluding carboxylic acids is 1. The van der Waals surface area contributed by atoms with Gasteiger partial charge in [-0.05, 0) is 19.1 Å². The summed E-state index contributed by atoms with van der Waals surface area (Å²) in [6.45, 7) is 2.81. The maximum Gasteiger partial charge on any atom is 0.270 e. The largest absolute Gasteiger partial charge is 0.347 e. The Kier molecular flexibility index (Phi) is 4.50. The monoisotopic (exact) mass is 205 g/mol. The van der Waals surface area contributed by atoms with Crippen molar-refractivity contribution in [3.8, 4) is 0 Å². The molecule has 1 rings (SSSR count). The summed E-state index contributed by atoms with van der Waals surface area (Å²) >= 11 is 0. The molecular formula is C11H15N3O. The number of nitrogens with two attached hydrogens (primary N) is 1. The Morgan fingerprint density at radius 1 is 1.53 bits per heavy atom. The molecule has 1 aromatic heterocycles. The lowest BCUT2D eigenvalue weighted by atomic mass is 10.3. The van der Waals surface area contributed by atoms with Gasteiger partial charge in [-0.25, -0.2) is 4.98 Å². The number of amides is 1. The summed E-state index contributed by atoms with van der Waals surface area (Å²) in [5.74, 6) is -0.166. The van der Waals surface area contributed by atoms with E-state index in [9.17, 15) is 4.79 Å². The van der Waals surface area contributed by atoms with Gasteiger partial charge >= 0.3 is 0 Å². The first-order valence-corrected chi connectivity index (χ1v) is 4.81. The summed E-state index contributed by atoms with van der Waals surface area (Å²) in [6, 6.07) is 5.35. The van der Waals surface area contributed by atoms with E-state index in [1.807, 2.05) is 25.1 Å². The second-order valence-corrected chi connectivity index (χ2v) is 3.08. The molecule has 0 saturated heterocycles. The predicted octanol–water partition coefficient (Wildman–Crippen LogP) is 0.635. The molecule has 0 atom stereocenters. The Labute approximate surface area is 89.2 Å². The normalized spacial score (nSPS) is 10.5. The highest BCUT2D eigenvalue weighted by atomic mass is 16.1. The van der Waals surface area contributed by atoms with Crippen molar-refractivity contribution >= 4 is 5.91 Å². The van der Waals surface area contributed by atoms with Gasteiger partial charge in [-0.2, -0.15) is 0 Å². The highest BCUT2D eigenvalue weighted by molar-refractivity contribution is 5.92. The van der Waals surface area contributed by atoms with Gasteiger partial charge in [0.1, 0.15) is 5.69 Å². The molecule has 15 heavy (non-hydrogen) atoms. The molecule has 0 aliphatic heterocycles. The van der Waals surface area contributed by atoms with Crippen molar-refractivity contribution in [3.05, 3.63) is 41.7 Å². The highest BCUT2D eigenvalue weighted by Crippen LogP contribution is 1.97. The van der Waals surface area contributed by atoms with Crippen LogP contribution in [-0.2, 0) is 0 Å². The zero-order valence-electron chi connectivity index (χ0n) is 8.73. The summed E-state index contributed by atoms with van der Waals surface area (Å²) in [7, 11) is 0. The van der Waals surface area contributed by atoms with Crippen molar-refractivity contribution in [1.29, 1.82) is 0 Å². The minimum absolute atomic E-state index is 0.166. The van der Waals surface area contributed by atoms with Gasteiger partial charge in [0.25, 0.3) is 5.91 Å². The van der Waals surface area contributed by atoms with E-state index in [0.29, 0.717) is 18.8 Å². The minimum atomic E-state index is -0.166. The van der Waals surface area contributed by atoms with E-state index in [0.717, 1.165) is 5.69 Å². The fourth-order valence-electron chi connectivity index (χ4n) is 1.09. The molecule has 80 valence electrons. The second kappa shape index (κ2) is 5.93. The highest BCUT2D eigenvalue weighted by Gasteiger charge is 2.04. The van der Waals surface area contributed by atoms with E-state index in [-0.39, 0.29) is 5.91 Å². The van der Waals surface area contributed by atoms with Crippen LogP contribution < -0.4 is 11.1 Å². The molecule has 4 nitrogen and oxygen atoms in total. The third kappa shape index (κ3) is 3.91. The Bertz CT molecular complexity index is 361. The average molecular weight is 205 g/mol. The van der Waals surface area contributed by atoms with E-state index >= 15 is 0 Å². The first-order chi connectivity index (χ1) is 7.24. The summed E-state index contributed by atoms with van der Waals surface area (Å²) < 4.78 is 0. The van der Waals surface area contributed by atoms with Crippen LogP contribution in [0, 0.1) is 6.92 Å². The van der Waals surface area contributed by atoms with Gasteiger partial charge in [0.15, 0.2) is 0 Å². The van der Waals surface area contributed by atoms with Crippen LogP contribution in [0.2, 0.25) is 0 Å². The van der Waals surface area contributed by atoms with Crippen LogP contribution in [-0.4, -0.2) is 24.0 Å². The zero-order valence-corrected chi connectivity index (χ0v) is 8.73. The molecule has 0 unspecified atom stereocenters. The van der Waals surface area contributed by atoms with Crippen LogP contribution >= 0.6 is 0 Å². The molecule has 0 radical (unpaired) electrons. The van der Waals surface area contributed by atoms with Crippen molar-refractivity contribution in [2.75, 3.05) is 13.1 Å². The molecule has 1 heterocycles. The Morgan fingerprint density at radius 2 is 2.33 bits per heavy atom. The number of rotatable bonds is 4. The maximum atomic E-state index is 11.5. The van der Waals surface area contributed by atoms with Gasteiger partial charge in [-0.15, -0.1) is 0 Å². The van der Waals surface area contributed by atoms with Crippen molar-refractivity contribution in [2.24, 2.45) is 5.73 Å². The van der Waals surface area contributed by atoms with Crippen molar-refractivity contribution in [2.45, 2.75) is 6.92 Å². The Hall–Kier alpha value is -1.68. The van der Waals surface area contributed by atoms with Crippen LogP contribution in [0.5, 0.6) is 0 Å². The first kappa shape index (κ1) is 11.4. The molecule has 1 amide bonds. The van der Waals surface area contributed by atoms with Gasteiger partial charge in [-0.1, -0.05) is 18.2 Å². The van der Waals surface area contributed by atoms with E-state index in [1.165, 1.54) is 0 Å². The lowest BCUT2D eigenvalue weighted by Crippen LogP contribution is -2.24. The number of carbonyl (C=O) groups is 1. The van der Waals surface area contributed by atoms with Crippen LogP contribution in [0.25, 0.3) is 0 Å². The van der Waals surface area contributed by atoms with Crippen molar-refractivity contribution < 1.29 is 4.79 Å². The third-order valence-corrected chi connectivity index (χ3v) is 1.80. The fraction of sp³-hybridized carbons (Fsp3) is 0.273. The lowest BCUT2D eigenvalue weighted by molar-refractivity contribution is 0.0953. The molecule has 4 heteroatoms. The van der Waals surface area contributed by atoms with Crippen LogP contribution in [0.1, 0.15) is 16.2 Å². The number of hydrogen-bond acceptors (Lipinski definition) is 3. The van der Waals surface area contributed by atoms with Gasteiger partial charge in [0.05, 0.1) is 0 Å². The van der Waals surface area contributed by atoms with Crippen LogP contribution in [0.15, 0.2) is 30.4 Å². The SMILES string of the molecule is Cc1cccc(C(=O)NC/C=C/CN)n1. The third-order valence-electron chi connectivity index (χ3n) is 1.80. The Morgan fingerprint density at radius 3 is 3.00 bits per heavy atom. The quantitative estimate of drug-likeness (QED) is 0.708. The zero-order chi connectivity index (χ0) is 11.1. The van der Waals surface area contributed by atoms with E-state index < -0.39 is 0 Å². The molecule has 0 aliphatic carbocycles. The number of nitrogens with zero attached hydrogens (tertiary/aromatic N) is 1. The summed E-state index contributed by atoms with van der Waals surface area (Å²) in [5.41, 5.74) is 6.54. The van der Waals surface area contributed by atoms with Gasteiger partial charge < -0.3 is 11.1 Å². The van der Waals surface area contributed by atoms with E-state index in [4.69, 9.17) is 5.73 Å². The molecule has 0 aliphatic rings. The van der Waals surface area contributed by atoms with Gasteiger partial charge in [0.2, 0.25) is 0 Å². The summed E-state index contributed by atoms with van der Waals surface area (Å²) in [5, 5.41) is 2.72. The van der Waals surface area contributed by atoms with Gasteiger partial charge in [0, 0.05) is 18.8 Å². The molecule has 0 bridgehead atoms. The second-order valence-electron chi connectivity index (χ2n) is 3.08. The minimum Gasteiger partial charge on any atom is -0.347 e. The van der Waals surface area contributed by atoms with Crippen LogP contribution in [0.3, 0.4) is 0 Å². The molecular weight excluding hydrogens is 190 g/mol. The average Bonchev–Trinajstić information content (AvgIpc) is 2.24. The molecule has 1 aromatic rings. The first-order valence-electron chi connectivity index (χ1n) is 4.81. The number of hydrogen-bond donors (Lipinski definition) is 2. The summed E-state index contributed by atoms with van der Waals surface area (Å²) in [4.78, 5) is 15.6. The fourth-order valence-corrected chi connectivity index (χ4v) is 1.09. The number of pyridine rings is 1. The van der Waals surface area contributed by atoms with E-state index in [2.05, 4.69) is 10.3 Å². The van der Waals surface area contributed by atoms with Gasteiger partial charge in [-0.3, -0.25) is 4.79 Å². The maximum absolute atomic E-state index is 11.5. The standard InChI is InChI=1S/C11H15N3O/c1-9-5-4-6-10(14-9)11(15)13-8-3-2-7-12/h2-6H,7-8,12H2,1H3,(H,13,15)/b3-2+. The number of aromatic nitrogens is 1. The summed E-state index contributed by atoms with van der Waals surface area (Å²) in [6.07, 6.45) is 3.61. The lowest BCUT2D eigenvalue weighted by Gasteiger charge is -2.01. The topological polar surface area (TPSA) is 68.0 Å². The van der Waals surface area contributed by atoms with Crippen molar-refractivity contribution in [3.63, 3.8) is 0 Å².